The van der Waals surface area contributed by atoms with E-state index in [1.807, 2.05) is 0 Å². The SMILES string of the molecule is CCCC/C=C\CCCCCCC(O)C(=O)NC(CO)C(O)C(O)CCC/C=C/CC/C=C/CCCCC. The quantitative estimate of drug-likeness (QED) is 0.0659. The Labute approximate surface area is 233 Å². The van der Waals surface area contributed by atoms with Gasteiger partial charge in [-0.1, -0.05) is 95.2 Å². The number of hydrogen-bond donors (Lipinski definition) is 5. The zero-order chi connectivity index (χ0) is 28.3. The van der Waals surface area contributed by atoms with E-state index < -0.39 is 36.9 Å². The van der Waals surface area contributed by atoms with Crippen molar-refractivity contribution in [1.29, 1.82) is 0 Å². The highest BCUT2D eigenvalue weighted by Crippen LogP contribution is 2.12. The van der Waals surface area contributed by atoms with E-state index in [-0.39, 0.29) is 0 Å². The molecule has 0 saturated heterocycles. The van der Waals surface area contributed by atoms with Crippen LogP contribution in [0.1, 0.15) is 129 Å². The Bertz CT molecular complexity index is 619. The van der Waals surface area contributed by atoms with E-state index in [0.717, 1.165) is 64.2 Å². The van der Waals surface area contributed by atoms with Gasteiger partial charge >= 0.3 is 0 Å². The first-order valence-corrected chi connectivity index (χ1v) is 15.4. The van der Waals surface area contributed by atoms with Crippen molar-refractivity contribution in [1.82, 2.24) is 5.32 Å². The summed E-state index contributed by atoms with van der Waals surface area (Å²) in [5, 5.41) is 43.0. The van der Waals surface area contributed by atoms with Crippen molar-refractivity contribution < 1.29 is 25.2 Å². The van der Waals surface area contributed by atoms with E-state index in [1.165, 1.54) is 32.1 Å². The lowest BCUT2D eigenvalue weighted by Crippen LogP contribution is -2.53. The number of amides is 1. The van der Waals surface area contributed by atoms with Gasteiger partial charge in [0.15, 0.2) is 0 Å². The fraction of sp³-hybridized carbons (Fsp3) is 0.781. The van der Waals surface area contributed by atoms with Gasteiger partial charge in [0.2, 0.25) is 5.91 Å². The molecule has 0 heterocycles. The van der Waals surface area contributed by atoms with Crippen molar-refractivity contribution in [2.75, 3.05) is 6.61 Å². The van der Waals surface area contributed by atoms with Crippen LogP contribution in [0.3, 0.4) is 0 Å². The van der Waals surface area contributed by atoms with E-state index in [2.05, 4.69) is 55.6 Å². The fourth-order valence-corrected chi connectivity index (χ4v) is 4.22. The van der Waals surface area contributed by atoms with Crippen molar-refractivity contribution in [3.05, 3.63) is 36.5 Å². The van der Waals surface area contributed by atoms with Gasteiger partial charge in [-0.3, -0.25) is 4.79 Å². The maximum absolute atomic E-state index is 12.3. The van der Waals surface area contributed by atoms with Gasteiger partial charge < -0.3 is 25.7 Å². The van der Waals surface area contributed by atoms with Crippen molar-refractivity contribution in [3.8, 4) is 0 Å². The molecule has 0 aliphatic rings. The number of nitrogens with one attached hydrogen (secondary N) is 1. The molecule has 0 fully saturated rings. The molecular formula is C32H59NO5. The maximum atomic E-state index is 12.3. The van der Waals surface area contributed by atoms with Gasteiger partial charge in [-0.25, -0.2) is 0 Å². The van der Waals surface area contributed by atoms with Gasteiger partial charge in [0.25, 0.3) is 0 Å². The Morgan fingerprint density at radius 1 is 0.632 bits per heavy atom. The highest BCUT2D eigenvalue weighted by atomic mass is 16.3. The summed E-state index contributed by atoms with van der Waals surface area (Å²) in [5.41, 5.74) is 0. The minimum absolute atomic E-state index is 0.343. The molecule has 0 radical (unpaired) electrons. The molecule has 38 heavy (non-hydrogen) atoms. The standard InChI is InChI=1S/C32H59NO5/c1-3-5-7-9-11-13-15-16-18-19-21-23-25-29(35)31(37)28(27-34)33-32(38)30(36)26-24-22-20-17-14-12-10-8-6-4-2/h10-13,18-19,28-31,34-37H,3-9,14-17,20-27H2,1-2H3,(H,33,38)/b12-10-,13-11+,19-18+. The van der Waals surface area contributed by atoms with E-state index in [0.29, 0.717) is 19.3 Å². The molecule has 6 nitrogen and oxygen atoms in total. The molecule has 4 atom stereocenters. The first-order valence-electron chi connectivity index (χ1n) is 15.4. The lowest BCUT2D eigenvalue weighted by molar-refractivity contribution is -0.132. The topological polar surface area (TPSA) is 110 Å². The van der Waals surface area contributed by atoms with Crippen molar-refractivity contribution >= 4 is 5.91 Å². The zero-order valence-corrected chi connectivity index (χ0v) is 24.4. The Hall–Kier alpha value is -1.47. The van der Waals surface area contributed by atoms with Crippen LogP contribution in [0.15, 0.2) is 36.5 Å². The minimum Gasteiger partial charge on any atom is -0.394 e. The lowest BCUT2D eigenvalue weighted by atomic mass is 10.00. The summed E-state index contributed by atoms with van der Waals surface area (Å²) < 4.78 is 0. The van der Waals surface area contributed by atoms with Crippen LogP contribution in [0.5, 0.6) is 0 Å². The summed E-state index contributed by atoms with van der Waals surface area (Å²) in [5.74, 6) is -0.614. The first-order chi connectivity index (χ1) is 18.5. The van der Waals surface area contributed by atoms with Crippen molar-refractivity contribution in [2.45, 2.75) is 154 Å². The molecule has 0 aliphatic heterocycles. The molecule has 0 aromatic rings. The highest BCUT2D eigenvalue weighted by Gasteiger charge is 2.28. The van der Waals surface area contributed by atoms with E-state index >= 15 is 0 Å². The third-order valence-electron chi connectivity index (χ3n) is 6.80. The Balaban J connectivity index is 4.03. The summed E-state index contributed by atoms with van der Waals surface area (Å²) in [7, 11) is 0. The molecule has 1 amide bonds. The van der Waals surface area contributed by atoms with Gasteiger partial charge in [-0.05, 0) is 70.6 Å². The van der Waals surface area contributed by atoms with Crippen molar-refractivity contribution in [2.24, 2.45) is 0 Å². The molecule has 5 N–H and O–H groups in total. The van der Waals surface area contributed by atoms with E-state index in [4.69, 9.17) is 0 Å². The second kappa shape index (κ2) is 27.1. The van der Waals surface area contributed by atoms with Gasteiger partial charge in [0.05, 0.1) is 18.8 Å². The van der Waals surface area contributed by atoms with Crippen LogP contribution in [-0.4, -0.2) is 57.3 Å². The van der Waals surface area contributed by atoms with Crippen molar-refractivity contribution in [3.63, 3.8) is 0 Å². The number of aliphatic hydroxyl groups excluding tert-OH is 4. The average Bonchev–Trinajstić information content (AvgIpc) is 2.92. The smallest absolute Gasteiger partial charge is 0.249 e. The van der Waals surface area contributed by atoms with Crippen LogP contribution in [-0.2, 0) is 4.79 Å². The molecule has 6 heteroatoms. The van der Waals surface area contributed by atoms with Crippen LogP contribution in [0, 0.1) is 0 Å². The second-order valence-electron chi connectivity index (χ2n) is 10.4. The first kappa shape index (κ1) is 36.5. The molecule has 0 aromatic heterocycles. The number of unbranched alkanes of at least 4 members (excludes halogenated alkanes) is 11. The minimum atomic E-state index is -1.29. The van der Waals surface area contributed by atoms with Crippen LogP contribution < -0.4 is 5.32 Å². The molecule has 0 aromatic carbocycles. The molecule has 4 unspecified atom stereocenters. The number of hydrogen-bond acceptors (Lipinski definition) is 5. The maximum Gasteiger partial charge on any atom is 0.249 e. The van der Waals surface area contributed by atoms with Gasteiger partial charge in [0, 0.05) is 0 Å². The van der Waals surface area contributed by atoms with Crippen LogP contribution >= 0.6 is 0 Å². The Kier molecular flexibility index (Phi) is 26.1. The largest absolute Gasteiger partial charge is 0.394 e. The summed E-state index contributed by atoms with van der Waals surface area (Å²) in [6.07, 6.45) is 27.4. The fourth-order valence-electron chi connectivity index (χ4n) is 4.22. The molecule has 222 valence electrons. The number of aliphatic hydroxyl groups is 4. The molecule has 0 bridgehead atoms. The van der Waals surface area contributed by atoms with Gasteiger partial charge in [0.1, 0.15) is 12.2 Å². The predicted molar refractivity (Wildman–Crippen MR) is 159 cm³/mol. The average molecular weight is 538 g/mol. The number of allylic oxidation sites excluding steroid dienone is 6. The summed E-state index contributed by atoms with van der Waals surface area (Å²) >= 11 is 0. The monoisotopic (exact) mass is 537 g/mol. The normalized spacial score (nSPS) is 15.4. The van der Waals surface area contributed by atoms with Gasteiger partial charge in [-0.15, -0.1) is 0 Å². The number of carbonyl (C=O) groups excluding carboxylic acids is 1. The third kappa shape index (κ3) is 21.5. The van der Waals surface area contributed by atoms with Crippen LogP contribution in [0.25, 0.3) is 0 Å². The molecular weight excluding hydrogens is 478 g/mol. The number of rotatable bonds is 26. The summed E-state index contributed by atoms with van der Waals surface area (Å²) in [6, 6.07) is -1.01. The Morgan fingerprint density at radius 2 is 1.13 bits per heavy atom. The molecule has 0 saturated carbocycles. The summed E-state index contributed by atoms with van der Waals surface area (Å²) in [6.45, 7) is 3.89. The van der Waals surface area contributed by atoms with E-state index in [9.17, 15) is 25.2 Å². The van der Waals surface area contributed by atoms with Gasteiger partial charge in [-0.2, -0.15) is 0 Å². The van der Waals surface area contributed by atoms with Crippen LogP contribution in [0.2, 0.25) is 0 Å². The highest BCUT2D eigenvalue weighted by molar-refractivity contribution is 5.80. The predicted octanol–water partition coefficient (Wildman–Crippen LogP) is 6.28. The van der Waals surface area contributed by atoms with Crippen LogP contribution in [0.4, 0.5) is 0 Å². The summed E-state index contributed by atoms with van der Waals surface area (Å²) in [4.78, 5) is 12.3. The molecule has 0 spiro atoms. The molecule has 0 rings (SSSR count). The number of carbonyl (C=O) groups is 1. The van der Waals surface area contributed by atoms with E-state index in [1.54, 1.807) is 0 Å². The molecule has 0 aliphatic carbocycles. The Morgan fingerprint density at radius 3 is 1.71 bits per heavy atom. The zero-order valence-electron chi connectivity index (χ0n) is 24.4. The second-order valence-corrected chi connectivity index (χ2v) is 10.4. The lowest BCUT2D eigenvalue weighted by Gasteiger charge is -2.27. The third-order valence-corrected chi connectivity index (χ3v) is 6.80.